The summed E-state index contributed by atoms with van der Waals surface area (Å²) in [5.41, 5.74) is 3.18. The molecular formula is C11H15F2N3O. The number of alkyl halides is 2. The summed E-state index contributed by atoms with van der Waals surface area (Å²) >= 11 is 0. The standard InChI is InChI=1S/C11H15F2N3O/c1-7(2)15-10(16-14)8-3-5-9(6-4-8)17-11(12)13/h3-7,11H,14H2,1-2H3,(H,15,16). The molecule has 0 aliphatic heterocycles. The molecule has 1 aromatic rings. The van der Waals surface area contributed by atoms with Crippen molar-refractivity contribution in [2.24, 2.45) is 10.8 Å². The summed E-state index contributed by atoms with van der Waals surface area (Å²) in [5.74, 6) is 5.94. The van der Waals surface area contributed by atoms with Gasteiger partial charge in [0.2, 0.25) is 0 Å². The van der Waals surface area contributed by atoms with E-state index < -0.39 is 6.61 Å². The Bertz CT molecular complexity index is 377. The molecule has 94 valence electrons. The Morgan fingerprint density at radius 3 is 2.29 bits per heavy atom. The van der Waals surface area contributed by atoms with Crippen molar-refractivity contribution in [3.63, 3.8) is 0 Å². The van der Waals surface area contributed by atoms with E-state index >= 15 is 0 Å². The molecule has 6 heteroatoms. The molecule has 0 saturated heterocycles. The molecule has 0 saturated carbocycles. The number of rotatable bonds is 4. The lowest BCUT2D eigenvalue weighted by molar-refractivity contribution is -0.0498. The van der Waals surface area contributed by atoms with Crippen molar-refractivity contribution in [3.05, 3.63) is 29.8 Å². The number of benzene rings is 1. The number of hydrazine groups is 1. The third-order valence-corrected chi connectivity index (χ3v) is 1.88. The second kappa shape index (κ2) is 6.15. The Morgan fingerprint density at radius 2 is 1.88 bits per heavy atom. The van der Waals surface area contributed by atoms with Gasteiger partial charge in [0.1, 0.15) is 11.6 Å². The summed E-state index contributed by atoms with van der Waals surface area (Å²) < 4.78 is 28.1. The molecule has 1 aromatic carbocycles. The number of aliphatic imine (C=N–C) groups is 1. The third kappa shape index (κ3) is 4.36. The molecule has 0 heterocycles. The van der Waals surface area contributed by atoms with Gasteiger partial charge in [-0.3, -0.25) is 4.99 Å². The molecule has 4 nitrogen and oxygen atoms in total. The van der Waals surface area contributed by atoms with Crippen molar-refractivity contribution in [1.82, 2.24) is 5.43 Å². The molecule has 0 spiro atoms. The first-order valence-corrected chi connectivity index (χ1v) is 5.12. The predicted octanol–water partition coefficient (Wildman–Crippen LogP) is 1.91. The minimum Gasteiger partial charge on any atom is -0.435 e. The lowest BCUT2D eigenvalue weighted by Gasteiger charge is -2.09. The summed E-state index contributed by atoms with van der Waals surface area (Å²) in [4.78, 5) is 4.25. The molecule has 0 radical (unpaired) electrons. The summed E-state index contributed by atoms with van der Waals surface area (Å²) in [5, 5.41) is 0. The fourth-order valence-electron chi connectivity index (χ4n) is 1.25. The molecule has 0 amide bonds. The van der Waals surface area contributed by atoms with Crippen LogP contribution in [0.2, 0.25) is 0 Å². The Balaban J connectivity index is 2.85. The SMILES string of the molecule is CC(C)N=C(NN)c1ccc(OC(F)F)cc1. The molecule has 0 aliphatic carbocycles. The number of nitrogens with zero attached hydrogens (tertiary/aromatic N) is 1. The number of halogens is 2. The second-order valence-corrected chi connectivity index (χ2v) is 3.62. The smallest absolute Gasteiger partial charge is 0.387 e. The Morgan fingerprint density at radius 1 is 1.29 bits per heavy atom. The predicted molar refractivity (Wildman–Crippen MR) is 62.1 cm³/mol. The molecular weight excluding hydrogens is 228 g/mol. The lowest BCUT2D eigenvalue weighted by atomic mass is 10.2. The highest BCUT2D eigenvalue weighted by molar-refractivity contribution is 5.98. The van der Waals surface area contributed by atoms with E-state index in [2.05, 4.69) is 15.2 Å². The molecule has 3 N–H and O–H groups in total. The highest BCUT2D eigenvalue weighted by Crippen LogP contribution is 2.15. The van der Waals surface area contributed by atoms with E-state index in [1.54, 1.807) is 12.1 Å². The minimum atomic E-state index is -2.82. The Hall–Kier alpha value is -1.69. The van der Waals surface area contributed by atoms with Gasteiger partial charge in [0.25, 0.3) is 0 Å². The van der Waals surface area contributed by atoms with Crippen LogP contribution in [0.5, 0.6) is 5.75 Å². The number of nitrogens with two attached hydrogens (primary N) is 1. The van der Waals surface area contributed by atoms with Gasteiger partial charge in [-0.25, -0.2) is 5.84 Å². The number of ether oxygens (including phenoxy) is 1. The minimum absolute atomic E-state index is 0.0815. The molecule has 0 aromatic heterocycles. The van der Waals surface area contributed by atoms with E-state index in [9.17, 15) is 8.78 Å². The number of hydrogen-bond acceptors (Lipinski definition) is 3. The van der Waals surface area contributed by atoms with Crippen LogP contribution in [0.15, 0.2) is 29.3 Å². The number of nitrogens with one attached hydrogen (secondary N) is 1. The zero-order valence-corrected chi connectivity index (χ0v) is 9.65. The molecule has 0 aliphatic rings. The first kappa shape index (κ1) is 13.4. The second-order valence-electron chi connectivity index (χ2n) is 3.62. The molecule has 0 atom stereocenters. The first-order valence-electron chi connectivity index (χ1n) is 5.12. The lowest BCUT2D eigenvalue weighted by Crippen LogP contribution is -2.31. The van der Waals surface area contributed by atoms with Gasteiger partial charge in [0.15, 0.2) is 0 Å². The van der Waals surface area contributed by atoms with Crippen molar-refractivity contribution in [3.8, 4) is 5.75 Å². The average Bonchev–Trinajstić information content (AvgIpc) is 2.26. The monoisotopic (exact) mass is 243 g/mol. The van der Waals surface area contributed by atoms with E-state index in [0.29, 0.717) is 11.4 Å². The Labute approximate surface area is 98.5 Å². The highest BCUT2D eigenvalue weighted by atomic mass is 19.3. The largest absolute Gasteiger partial charge is 0.435 e. The van der Waals surface area contributed by atoms with Gasteiger partial charge in [-0.1, -0.05) is 0 Å². The maximum atomic E-state index is 11.9. The molecule has 0 fully saturated rings. The van der Waals surface area contributed by atoms with Crippen LogP contribution in [0.3, 0.4) is 0 Å². The van der Waals surface area contributed by atoms with Crippen LogP contribution in [-0.4, -0.2) is 18.5 Å². The van der Waals surface area contributed by atoms with E-state index in [4.69, 9.17) is 5.84 Å². The zero-order chi connectivity index (χ0) is 12.8. The summed E-state index contributed by atoms with van der Waals surface area (Å²) in [6.07, 6.45) is 0. The van der Waals surface area contributed by atoms with Crippen molar-refractivity contribution in [2.75, 3.05) is 0 Å². The quantitative estimate of drug-likeness (QED) is 0.367. The van der Waals surface area contributed by atoms with E-state index in [-0.39, 0.29) is 11.8 Å². The summed E-state index contributed by atoms with van der Waals surface area (Å²) in [6, 6.07) is 6.18. The fourth-order valence-corrected chi connectivity index (χ4v) is 1.25. The van der Waals surface area contributed by atoms with Crippen molar-refractivity contribution < 1.29 is 13.5 Å². The van der Waals surface area contributed by atoms with Gasteiger partial charge < -0.3 is 10.2 Å². The van der Waals surface area contributed by atoms with Crippen LogP contribution < -0.4 is 16.0 Å². The van der Waals surface area contributed by atoms with Crippen molar-refractivity contribution in [1.29, 1.82) is 0 Å². The average molecular weight is 243 g/mol. The molecule has 0 unspecified atom stereocenters. The molecule has 1 rings (SSSR count). The fraction of sp³-hybridized carbons (Fsp3) is 0.364. The van der Waals surface area contributed by atoms with Crippen molar-refractivity contribution >= 4 is 5.84 Å². The zero-order valence-electron chi connectivity index (χ0n) is 9.65. The topological polar surface area (TPSA) is 59.6 Å². The van der Waals surface area contributed by atoms with Gasteiger partial charge >= 0.3 is 6.61 Å². The van der Waals surface area contributed by atoms with Crippen LogP contribution in [0.1, 0.15) is 19.4 Å². The summed E-state index contributed by atoms with van der Waals surface area (Å²) in [7, 11) is 0. The number of hydrogen-bond donors (Lipinski definition) is 2. The van der Waals surface area contributed by atoms with Crippen LogP contribution >= 0.6 is 0 Å². The highest BCUT2D eigenvalue weighted by Gasteiger charge is 2.06. The number of amidine groups is 1. The van der Waals surface area contributed by atoms with Gasteiger partial charge in [0, 0.05) is 11.6 Å². The van der Waals surface area contributed by atoms with E-state index in [0.717, 1.165) is 0 Å². The molecule has 17 heavy (non-hydrogen) atoms. The van der Waals surface area contributed by atoms with E-state index in [1.807, 2.05) is 13.8 Å². The molecule has 0 bridgehead atoms. The maximum Gasteiger partial charge on any atom is 0.387 e. The van der Waals surface area contributed by atoms with Crippen LogP contribution in [-0.2, 0) is 0 Å². The van der Waals surface area contributed by atoms with Gasteiger partial charge in [0.05, 0.1) is 0 Å². The Kier molecular flexibility index (Phi) is 4.84. The normalized spacial score (nSPS) is 12.1. The van der Waals surface area contributed by atoms with Crippen LogP contribution in [0.4, 0.5) is 8.78 Å². The maximum absolute atomic E-state index is 11.9. The van der Waals surface area contributed by atoms with E-state index in [1.165, 1.54) is 12.1 Å². The first-order chi connectivity index (χ1) is 8.02. The van der Waals surface area contributed by atoms with Crippen LogP contribution in [0.25, 0.3) is 0 Å². The van der Waals surface area contributed by atoms with Crippen molar-refractivity contribution in [2.45, 2.75) is 26.5 Å². The van der Waals surface area contributed by atoms with Gasteiger partial charge in [-0.05, 0) is 38.1 Å². The third-order valence-electron chi connectivity index (χ3n) is 1.88. The summed E-state index contributed by atoms with van der Waals surface area (Å²) in [6.45, 7) is 0.995. The van der Waals surface area contributed by atoms with Gasteiger partial charge in [-0.15, -0.1) is 0 Å². The van der Waals surface area contributed by atoms with Gasteiger partial charge in [-0.2, -0.15) is 8.78 Å². The van der Waals surface area contributed by atoms with Crippen LogP contribution in [0, 0.1) is 0 Å².